The van der Waals surface area contributed by atoms with Gasteiger partial charge in [0.15, 0.2) is 0 Å². The topological polar surface area (TPSA) is 82.3 Å². The standard InChI is InChI=1S/C7H11N3O3.K/c1-10(2)7-8-5(13-9-7)3-4-6(11)12;/h3-4H2,1-2H3,(H,11,12);/q;+1/p-1. The van der Waals surface area contributed by atoms with Crippen molar-refractivity contribution in [2.45, 2.75) is 12.8 Å². The van der Waals surface area contributed by atoms with Crippen LogP contribution in [0.3, 0.4) is 0 Å². The number of aryl methyl sites for hydroxylation is 1. The number of nitrogens with zero attached hydrogens (tertiary/aromatic N) is 3. The summed E-state index contributed by atoms with van der Waals surface area (Å²) in [5.74, 6) is -0.370. The predicted molar refractivity (Wildman–Crippen MR) is 42.0 cm³/mol. The van der Waals surface area contributed by atoms with Crippen molar-refractivity contribution in [3.05, 3.63) is 5.89 Å². The Hall–Kier alpha value is 0.0464. The minimum atomic E-state index is -1.12. The Bertz CT molecular complexity index is 300. The average Bonchev–Trinajstić information content (AvgIpc) is 2.48. The number of carboxylic acid groups (broad SMARTS) is 1. The second kappa shape index (κ2) is 6.52. The van der Waals surface area contributed by atoms with E-state index in [0.717, 1.165) is 0 Å². The summed E-state index contributed by atoms with van der Waals surface area (Å²) in [5.41, 5.74) is 0. The number of anilines is 1. The Morgan fingerprint density at radius 1 is 1.57 bits per heavy atom. The van der Waals surface area contributed by atoms with Gasteiger partial charge in [-0.15, -0.1) is 0 Å². The predicted octanol–water partition coefficient (Wildman–Crippen LogP) is -4.18. The molecule has 0 aliphatic heterocycles. The monoisotopic (exact) mass is 223 g/mol. The Morgan fingerprint density at radius 3 is 2.64 bits per heavy atom. The molecule has 0 aliphatic carbocycles. The maximum absolute atomic E-state index is 10.1. The summed E-state index contributed by atoms with van der Waals surface area (Å²) < 4.78 is 4.78. The Labute approximate surface area is 124 Å². The van der Waals surface area contributed by atoms with Crippen molar-refractivity contribution in [1.29, 1.82) is 0 Å². The first kappa shape index (κ1) is 14.0. The molecule has 1 rings (SSSR count). The quantitative estimate of drug-likeness (QED) is 0.482. The molecule has 1 aromatic heterocycles. The fraction of sp³-hybridized carbons (Fsp3) is 0.571. The van der Waals surface area contributed by atoms with E-state index in [4.69, 9.17) is 4.52 Å². The molecule has 0 saturated carbocycles. The molecule has 14 heavy (non-hydrogen) atoms. The van der Waals surface area contributed by atoms with Gasteiger partial charge in [0.05, 0.1) is 0 Å². The van der Waals surface area contributed by atoms with Crippen molar-refractivity contribution < 1.29 is 65.8 Å². The summed E-state index contributed by atoms with van der Waals surface area (Å²) in [6, 6.07) is 0. The molecule has 0 unspecified atom stereocenters. The number of hydrogen-bond acceptors (Lipinski definition) is 6. The van der Waals surface area contributed by atoms with Gasteiger partial charge in [-0.25, -0.2) is 0 Å². The minimum Gasteiger partial charge on any atom is -0.550 e. The largest absolute Gasteiger partial charge is 1.00 e. The van der Waals surface area contributed by atoms with E-state index in [1.807, 2.05) is 0 Å². The average molecular weight is 223 g/mol. The second-order valence-electron chi connectivity index (χ2n) is 2.75. The molecular weight excluding hydrogens is 213 g/mol. The number of carbonyl (C=O) groups is 1. The number of rotatable bonds is 4. The maximum atomic E-state index is 10.1. The van der Waals surface area contributed by atoms with E-state index >= 15 is 0 Å². The molecule has 0 radical (unpaired) electrons. The van der Waals surface area contributed by atoms with Crippen LogP contribution in [-0.2, 0) is 11.2 Å². The fourth-order valence-electron chi connectivity index (χ4n) is 0.738. The van der Waals surface area contributed by atoms with Crippen LogP contribution in [0.4, 0.5) is 5.95 Å². The first-order chi connectivity index (χ1) is 6.09. The number of hydrogen-bond donors (Lipinski definition) is 0. The first-order valence-corrected chi connectivity index (χ1v) is 3.79. The summed E-state index contributed by atoms with van der Waals surface area (Å²) in [6.45, 7) is 0. The zero-order valence-corrected chi connectivity index (χ0v) is 11.6. The zero-order valence-electron chi connectivity index (χ0n) is 8.48. The van der Waals surface area contributed by atoms with Crippen LogP contribution in [0.1, 0.15) is 12.3 Å². The van der Waals surface area contributed by atoms with E-state index in [-0.39, 0.29) is 64.2 Å². The van der Waals surface area contributed by atoms with E-state index < -0.39 is 5.97 Å². The second-order valence-corrected chi connectivity index (χ2v) is 2.75. The Morgan fingerprint density at radius 2 is 2.21 bits per heavy atom. The van der Waals surface area contributed by atoms with Gasteiger partial charge in [0.25, 0.3) is 5.95 Å². The number of aliphatic carboxylic acids is 1. The molecule has 0 aliphatic rings. The molecule has 0 amide bonds. The SMILES string of the molecule is CN(C)c1noc(CCC(=O)[O-])n1.[K+]. The molecule has 0 N–H and O–H groups in total. The van der Waals surface area contributed by atoms with Crippen LogP contribution >= 0.6 is 0 Å². The molecule has 1 heterocycles. The van der Waals surface area contributed by atoms with Gasteiger partial charge in [-0.3, -0.25) is 0 Å². The smallest absolute Gasteiger partial charge is 0.550 e. The molecule has 0 aromatic carbocycles. The van der Waals surface area contributed by atoms with Gasteiger partial charge in [0.2, 0.25) is 5.89 Å². The summed E-state index contributed by atoms with van der Waals surface area (Å²) >= 11 is 0. The molecule has 1 aromatic rings. The number of aromatic nitrogens is 2. The molecule has 6 nitrogen and oxygen atoms in total. The van der Waals surface area contributed by atoms with Crippen LogP contribution in [0.5, 0.6) is 0 Å². The summed E-state index contributed by atoms with van der Waals surface area (Å²) in [4.78, 5) is 15.7. The Kier molecular flexibility index (Phi) is 6.54. The molecule has 0 saturated heterocycles. The van der Waals surface area contributed by atoms with Crippen LogP contribution < -0.4 is 61.4 Å². The van der Waals surface area contributed by atoms with Crippen molar-refractivity contribution in [3.8, 4) is 0 Å². The van der Waals surface area contributed by atoms with Crippen LogP contribution in [0.15, 0.2) is 4.52 Å². The van der Waals surface area contributed by atoms with Crippen LogP contribution in [0.2, 0.25) is 0 Å². The molecule has 7 heteroatoms. The van der Waals surface area contributed by atoms with Gasteiger partial charge in [-0.1, -0.05) is 0 Å². The van der Waals surface area contributed by atoms with Crippen molar-refractivity contribution in [2.75, 3.05) is 19.0 Å². The van der Waals surface area contributed by atoms with E-state index in [1.54, 1.807) is 19.0 Å². The fourth-order valence-corrected chi connectivity index (χ4v) is 0.738. The van der Waals surface area contributed by atoms with Crippen LogP contribution in [-0.4, -0.2) is 30.2 Å². The van der Waals surface area contributed by atoms with Gasteiger partial charge in [0.1, 0.15) is 0 Å². The van der Waals surface area contributed by atoms with E-state index in [1.165, 1.54) is 0 Å². The number of carbonyl (C=O) groups excluding carboxylic acids is 1. The molecule has 0 fully saturated rings. The molecule has 72 valence electrons. The van der Waals surface area contributed by atoms with Crippen molar-refractivity contribution >= 4 is 11.9 Å². The van der Waals surface area contributed by atoms with Gasteiger partial charge < -0.3 is 19.3 Å². The van der Waals surface area contributed by atoms with E-state index in [2.05, 4.69) is 10.1 Å². The minimum absolute atomic E-state index is 0. The maximum Gasteiger partial charge on any atom is 1.00 e. The molecular formula is C7H10KN3O3. The third-order valence-corrected chi connectivity index (χ3v) is 1.40. The van der Waals surface area contributed by atoms with Gasteiger partial charge >= 0.3 is 51.4 Å². The van der Waals surface area contributed by atoms with Gasteiger partial charge in [-0.05, 0) is 11.6 Å². The third kappa shape index (κ3) is 4.51. The van der Waals surface area contributed by atoms with E-state index in [0.29, 0.717) is 11.8 Å². The molecule has 0 spiro atoms. The van der Waals surface area contributed by atoms with Gasteiger partial charge in [0, 0.05) is 26.5 Å². The third-order valence-electron chi connectivity index (χ3n) is 1.40. The Balaban J connectivity index is 0.00000169. The summed E-state index contributed by atoms with van der Waals surface area (Å²) in [5, 5.41) is 13.7. The van der Waals surface area contributed by atoms with Crippen molar-refractivity contribution in [1.82, 2.24) is 10.1 Å². The van der Waals surface area contributed by atoms with Crippen LogP contribution in [0, 0.1) is 0 Å². The van der Waals surface area contributed by atoms with E-state index in [9.17, 15) is 9.90 Å². The van der Waals surface area contributed by atoms with Crippen molar-refractivity contribution in [3.63, 3.8) is 0 Å². The normalized spacial score (nSPS) is 9.29. The molecule has 0 atom stereocenters. The summed E-state index contributed by atoms with van der Waals surface area (Å²) in [7, 11) is 3.54. The van der Waals surface area contributed by atoms with Crippen molar-refractivity contribution in [2.24, 2.45) is 0 Å². The van der Waals surface area contributed by atoms with Gasteiger partial charge in [-0.2, -0.15) is 4.98 Å². The molecule has 0 bridgehead atoms. The summed E-state index contributed by atoms with van der Waals surface area (Å²) in [6.07, 6.45) is 0.109. The zero-order chi connectivity index (χ0) is 9.84. The number of carboxylic acids is 1. The van der Waals surface area contributed by atoms with Crippen LogP contribution in [0.25, 0.3) is 0 Å². The first-order valence-electron chi connectivity index (χ1n) is 3.79.